The molecule has 1 N–H and O–H groups in total. The first-order valence-corrected chi connectivity index (χ1v) is 9.56. The maximum absolute atomic E-state index is 12.2. The highest BCUT2D eigenvalue weighted by Gasteiger charge is 2.25. The van der Waals surface area contributed by atoms with Gasteiger partial charge in [0.25, 0.3) is 5.69 Å². The average Bonchev–Trinajstić information content (AvgIpc) is 2.65. The summed E-state index contributed by atoms with van der Waals surface area (Å²) in [5.41, 5.74) is -0.116. The molecule has 0 spiro atoms. The SMILES string of the molecule is CN(C)S(=O)(=O)c1ccc(NC[C@H]2COc3ccccc3O2)c([N+](=O)[O-])c1. The van der Waals surface area contributed by atoms with Gasteiger partial charge in [0, 0.05) is 20.2 Å². The molecule has 1 atom stereocenters. The molecule has 0 unspecified atom stereocenters. The van der Waals surface area contributed by atoms with E-state index in [2.05, 4.69) is 5.32 Å². The van der Waals surface area contributed by atoms with E-state index in [4.69, 9.17) is 9.47 Å². The first-order chi connectivity index (χ1) is 12.8. The molecule has 0 radical (unpaired) electrons. The Bertz CT molecular complexity index is 961. The van der Waals surface area contributed by atoms with E-state index in [-0.39, 0.29) is 28.9 Å². The minimum Gasteiger partial charge on any atom is -0.486 e. The van der Waals surface area contributed by atoms with Crippen molar-refractivity contribution in [2.75, 3.05) is 32.6 Å². The Labute approximate surface area is 156 Å². The van der Waals surface area contributed by atoms with Crippen molar-refractivity contribution in [3.63, 3.8) is 0 Å². The van der Waals surface area contributed by atoms with Gasteiger partial charge < -0.3 is 14.8 Å². The number of nitro benzene ring substituents is 1. The zero-order valence-corrected chi connectivity index (χ0v) is 15.6. The Morgan fingerprint density at radius 3 is 2.59 bits per heavy atom. The van der Waals surface area contributed by atoms with Crippen LogP contribution in [0.4, 0.5) is 11.4 Å². The minimum absolute atomic E-state index is 0.143. The highest BCUT2D eigenvalue weighted by molar-refractivity contribution is 7.89. The van der Waals surface area contributed by atoms with E-state index >= 15 is 0 Å². The molecule has 10 heteroatoms. The molecule has 2 aromatic carbocycles. The van der Waals surface area contributed by atoms with Gasteiger partial charge in [-0.3, -0.25) is 10.1 Å². The third-order valence-corrected chi connectivity index (χ3v) is 5.84. The number of hydrogen-bond acceptors (Lipinski definition) is 7. The molecule has 0 saturated carbocycles. The summed E-state index contributed by atoms with van der Waals surface area (Å²) in [6.07, 6.45) is -0.343. The van der Waals surface area contributed by atoms with Gasteiger partial charge in [-0.2, -0.15) is 0 Å². The van der Waals surface area contributed by atoms with E-state index in [1.54, 1.807) is 12.1 Å². The lowest BCUT2D eigenvalue weighted by atomic mass is 10.2. The lowest BCUT2D eigenvalue weighted by molar-refractivity contribution is -0.384. The fraction of sp³-hybridized carbons (Fsp3) is 0.294. The third-order valence-electron chi connectivity index (χ3n) is 4.03. The molecule has 0 aliphatic carbocycles. The number of rotatable bonds is 6. The number of benzene rings is 2. The first kappa shape index (κ1) is 18.9. The summed E-state index contributed by atoms with van der Waals surface area (Å²) >= 11 is 0. The van der Waals surface area contributed by atoms with Crippen molar-refractivity contribution < 1.29 is 22.8 Å². The standard InChI is InChI=1S/C17H19N3O6S/c1-19(2)27(23,24)13-7-8-14(15(9-13)20(21)22)18-10-12-11-25-16-5-3-4-6-17(16)26-12/h3-9,12,18H,10-11H2,1-2H3/t12-/m0/s1. The van der Waals surface area contributed by atoms with Crippen molar-refractivity contribution in [3.05, 3.63) is 52.6 Å². The molecule has 1 aliphatic rings. The lowest BCUT2D eigenvalue weighted by Gasteiger charge is -2.26. The maximum atomic E-state index is 12.2. The number of nitrogens with zero attached hydrogens (tertiary/aromatic N) is 2. The molecular formula is C17H19N3O6S. The summed E-state index contributed by atoms with van der Waals surface area (Å²) in [7, 11) is -1.03. The first-order valence-electron chi connectivity index (χ1n) is 8.12. The summed E-state index contributed by atoms with van der Waals surface area (Å²) in [4.78, 5) is 10.6. The normalized spacial score (nSPS) is 16.2. The molecule has 3 rings (SSSR count). The number of hydrogen-bond donors (Lipinski definition) is 1. The van der Waals surface area contributed by atoms with Crippen LogP contribution in [0.15, 0.2) is 47.4 Å². The predicted molar refractivity (Wildman–Crippen MR) is 98.8 cm³/mol. The molecule has 0 amide bonds. The summed E-state index contributed by atoms with van der Waals surface area (Å²) in [6, 6.07) is 11.0. The molecule has 0 aromatic heterocycles. The van der Waals surface area contributed by atoms with Gasteiger partial charge in [0.1, 0.15) is 18.4 Å². The van der Waals surface area contributed by atoms with Crippen molar-refractivity contribution in [1.82, 2.24) is 4.31 Å². The Kier molecular flexibility index (Phi) is 5.19. The van der Waals surface area contributed by atoms with E-state index in [1.807, 2.05) is 12.1 Å². The van der Waals surface area contributed by atoms with E-state index < -0.39 is 14.9 Å². The Balaban J connectivity index is 1.76. The largest absolute Gasteiger partial charge is 0.486 e. The van der Waals surface area contributed by atoms with E-state index in [0.717, 1.165) is 10.4 Å². The van der Waals surface area contributed by atoms with Crippen molar-refractivity contribution in [1.29, 1.82) is 0 Å². The highest BCUT2D eigenvalue weighted by Crippen LogP contribution is 2.32. The number of anilines is 1. The zero-order valence-electron chi connectivity index (χ0n) is 14.8. The molecule has 0 fully saturated rings. The fourth-order valence-corrected chi connectivity index (χ4v) is 3.49. The van der Waals surface area contributed by atoms with Gasteiger partial charge in [0.2, 0.25) is 10.0 Å². The van der Waals surface area contributed by atoms with Crippen LogP contribution in [0.5, 0.6) is 11.5 Å². The van der Waals surface area contributed by atoms with Crippen LogP contribution in [-0.2, 0) is 10.0 Å². The summed E-state index contributed by atoms with van der Waals surface area (Å²) in [5.74, 6) is 1.26. The number of sulfonamides is 1. The molecule has 2 aromatic rings. The Morgan fingerprint density at radius 1 is 1.22 bits per heavy atom. The van der Waals surface area contributed by atoms with Crippen LogP contribution in [0.25, 0.3) is 0 Å². The van der Waals surface area contributed by atoms with Crippen LogP contribution in [0, 0.1) is 10.1 Å². The fourth-order valence-electron chi connectivity index (χ4n) is 2.57. The zero-order chi connectivity index (χ0) is 19.6. The molecule has 144 valence electrons. The van der Waals surface area contributed by atoms with Gasteiger partial charge in [-0.25, -0.2) is 12.7 Å². The minimum atomic E-state index is -3.76. The van der Waals surface area contributed by atoms with Crippen molar-refractivity contribution in [2.24, 2.45) is 0 Å². The second-order valence-corrected chi connectivity index (χ2v) is 8.25. The van der Waals surface area contributed by atoms with Gasteiger partial charge in [-0.1, -0.05) is 12.1 Å². The molecular weight excluding hydrogens is 374 g/mol. The molecule has 1 heterocycles. The molecule has 0 bridgehead atoms. The number of nitrogens with one attached hydrogen (secondary N) is 1. The summed E-state index contributed by atoms with van der Waals surface area (Å²) in [5, 5.41) is 14.3. The second kappa shape index (κ2) is 7.41. The van der Waals surface area contributed by atoms with E-state index in [0.29, 0.717) is 18.1 Å². The molecule has 0 saturated heterocycles. The van der Waals surface area contributed by atoms with Crippen LogP contribution in [0.2, 0.25) is 0 Å². The van der Waals surface area contributed by atoms with Gasteiger partial charge >= 0.3 is 0 Å². The van der Waals surface area contributed by atoms with Gasteiger partial charge in [0.05, 0.1) is 16.4 Å². The summed E-state index contributed by atoms with van der Waals surface area (Å²) in [6.45, 7) is 0.555. The topological polar surface area (TPSA) is 111 Å². The van der Waals surface area contributed by atoms with E-state index in [9.17, 15) is 18.5 Å². The monoisotopic (exact) mass is 393 g/mol. The van der Waals surface area contributed by atoms with Crippen LogP contribution in [0.1, 0.15) is 0 Å². The third kappa shape index (κ3) is 3.96. The summed E-state index contributed by atoms with van der Waals surface area (Å²) < 4.78 is 36.8. The van der Waals surface area contributed by atoms with Crippen molar-refractivity contribution in [3.8, 4) is 11.5 Å². The van der Waals surface area contributed by atoms with Crippen molar-refractivity contribution in [2.45, 2.75) is 11.0 Å². The Morgan fingerprint density at radius 2 is 1.93 bits per heavy atom. The Hall–Kier alpha value is -2.85. The van der Waals surface area contributed by atoms with Gasteiger partial charge in [-0.15, -0.1) is 0 Å². The van der Waals surface area contributed by atoms with Crippen LogP contribution < -0.4 is 14.8 Å². The molecule has 9 nitrogen and oxygen atoms in total. The van der Waals surface area contributed by atoms with Gasteiger partial charge in [-0.05, 0) is 24.3 Å². The second-order valence-electron chi connectivity index (χ2n) is 6.10. The molecule has 1 aliphatic heterocycles. The van der Waals surface area contributed by atoms with Crippen LogP contribution in [0.3, 0.4) is 0 Å². The maximum Gasteiger partial charge on any atom is 0.293 e. The number of nitro groups is 1. The number of para-hydroxylation sites is 2. The van der Waals surface area contributed by atoms with Gasteiger partial charge in [0.15, 0.2) is 11.5 Å². The quantitative estimate of drug-likeness (QED) is 0.591. The van der Waals surface area contributed by atoms with E-state index in [1.165, 1.54) is 26.2 Å². The van der Waals surface area contributed by atoms with Crippen LogP contribution in [-0.4, -0.2) is 51.0 Å². The predicted octanol–water partition coefficient (Wildman–Crippen LogP) is 2.10. The highest BCUT2D eigenvalue weighted by atomic mass is 32.2. The molecule has 27 heavy (non-hydrogen) atoms. The lowest BCUT2D eigenvalue weighted by Crippen LogP contribution is -2.35. The number of ether oxygens (including phenoxy) is 2. The van der Waals surface area contributed by atoms with Crippen molar-refractivity contribution >= 4 is 21.4 Å². The smallest absolute Gasteiger partial charge is 0.293 e. The number of fused-ring (bicyclic) bond motifs is 1. The van der Waals surface area contributed by atoms with Crippen LogP contribution >= 0.6 is 0 Å². The average molecular weight is 393 g/mol.